The van der Waals surface area contributed by atoms with E-state index in [9.17, 15) is 9.59 Å². The van der Waals surface area contributed by atoms with E-state index in [4.69, 9.17) is 23.2 Å². The number of carbonyl (C=O) groups excluding carboxylic acids is 2. The van der Waals surface area contributed by atoms with Crippen LogP contribution in [0.1, 0.15) is 12.5 Å². The second kappa shape index (κ2) is 5.88. The number of fused-ring (bicyclic) bond motifs is 1. The molecule has 6 nitrogen and oxygen atoms in total. The van der Waals surface area contributed by atoms with Crippen LogP contribution in [-0.2, 0) is 14.3 Å². The van der Waals surface area contributed by atoms with Crippen LogP contribution in [0.3, 0.4) is 0 Å². The summed E-state index contributed by atoms with van der Waals surface area (Å²) in [5.41, 5.74) is 4.49. The molecule has 1 unspecified atom stereocenters. The summed E-state index contributed by atoms with van der Waals surface area (Å²) >= 11 is 12.2. The molecule has 3 rings (SSSR count). The van der Waals surface area contributed by atoms with E-state index >= 15 is 0 Å². The van der Waals surface area contributed by atoms with Crippen molar-refractivity contribution < 1.29 is 14.3 Å². The maximum Gasteiger partial charge on any atom is 0.345 e. The van der Waals surface area contributed by atoms with E-state index in [0.717, 1.165) is 11.1 Å². The Bertz CT molecular complexity index is 773. The Balaban J connectivity index is 2.08. The lowest BCUT2D eigenvalue weighted by molar-refractivity contribution is -0.140. The van der Waals surface area contributed by atoms with E-state index in [-0.39, 0.29) is 11.6 Å². The van der Waals surface area contributed by atoms with Gasteiger partial charge in [0.2, 0.25) is 0 Å². The molecule has 1 atom stereocenters. The predicted octanol–water partition coefficient (Wildman–Crippen LogP) is 2.06. The molecule has 0 saturated heterocycles. The Labute approximate surface area is 142 Å². The standard InChI is InChI=1S/C15H13Cl2N3O3/c1-7-12(9-4-3-8(16)5-11(9)17)13-18-6-10(15(22)23-2)14(21)20(13)19-7/h3-7,18-19H,1-2H3. The van der Waals surface area contributed by atoms with Gasteiger partial charge in [0.05, 0.1) is 13.2 Å². The third-order valence-electron chi connectivity index (χ3n) is 3.65. The van der Waals surface area contributed by atoms with Crippen LogP contribution in [0, 0.1) is 0 Å². The molecule has 2 N–H and O–H groups in total. The van der Waals surface area contributed by atoms with Crippen LogP contribution in [0.4, 0.5) is 0 Å². The van der Waals surface area contributed by atoms with Crippen molar-refractivity contribution in [3.05, 3.63) is 51.4 Å². The van der Waals surface area contributed by atoms with E-state index in [1.807, 2.05) is 6.92 Å². The van der Waals surface area contributed by atoms with E-state index in [1.54, 1.807) is 18.2 Å². The number of methoxy groups -OCH3 is 1. The van der Waals surface area contributed by atoms with Crippen LogP contribution < -0.4 is 10.7 Å². The van der Waals surface area contributed by atoms with Gasteiger partial charge in [-0.2, -0.15) is 0 Å². The van der Waals surface area contributed by atoms with Gasteiger partial charge < -0.3 is 10.1 Å². The molecular weight excluding hydrogens is 341 g/mol. The summed E-state index contributed by atoms with van der Waals surface area (Å²) in [4.78, 5) is 24.1. The van der Waals surface area contributed by atoms with Crippen LogP contribution in [0.5, 0.6) is 0 Å². The van der Waals surface area contributed by atoms with Gasteiger partial charge >= 0.3 is 5.97 Å². The Morgan fingerprint density at radius 3 is 2.74 bits per heavy atom. The number of benzene rings is 1. The van der Waals surface area contributed by atoms with E-state index in [0.29, 0.717) is 15.9 Å². The number of esters is 1. The number of nitrogens with one attached hydrogen (secondary N) is 2. The van der Waals surface area contributed by atoms with Gasteiger partial charge in [0.25, 0.3) is 5.91 Å². The molecule has 0 aromatic heterocycles. The Morgan fingerprint density at radius 2 is 2.09 bits per heavy atom. The van der Waals surface area contributed by atoms with E-state index < -0.39 is 11.9 Å². The zero-order valence-electron chi connectivity index (χ0n) is 12.3. The van der Waals surface area contributed by atoms with Crippen LogP contribution in [-0.4, -0.2) is 30.0 Å². The van der Waals surface area contributed by atoms with Crippen molar-refractivity contribution in [1.82, 2.24) is 15.8 Å². The number of halogens is 2. The molecule has 0 aliphatic carbocycles. The largest absolute Gasteiger partial charge is 0.465 e. The fraction of sp³-hybridized carbons (Fsp3) is 0.200. The zero-order valence-corrected chi connectivity index (χ0v) is 13.8. The number of amides is 1. The minimum absolute atomic E-state index is 0.0839. The first-order valence-corrected chi connectivity index (χ1v) is 7.55. The molecule has 120 valence electrons. The highest BCUT2D eigenvalue weighted by atomic mass is 35.5. The number of carbonyl (C=O) groups is 2. The molecule has 0 saturated carbocycles. The minimum Gasteiger partial charge on any atom is -0.465 e. The number of hydrogen-bond acceptors (Lipinski definition) is 5. The summed E-state index contributed by atoms with van der Waals surface area (Å²) in [5, 5.41) is 5.26. The predicted molar refractivity (Wildman–Crippen MR) is 86.1 cm³/mol. The molecule has 1 aromatic rings. The molecule has 23 heavy (non-hydrogen) atoms. The van der Waals surface area contributed by atoms with Crippen molar-refractivity contribution in [2.24, 2.45) is 0 Å². The first-order chi connectivity index (χ1) is 10.9. The second-order valence-electron chi connectivity index (χ2n) is 5.07. The van der Waals surface area contributed by atoms with Gasteiger partial charge in [0, 0.05) is 27.4 Å². The first-order valence-electron chi connectivity index (χ1n) is 6.79. The third kappa shape index (κ3) is 2.59. The molecule has 0 bridgehead atoms. The summed E-state index contributed by atoms with van der Waals surface area (Å²) in [6, 6.07) is 4.97. The number of hydrogen-bond donors (Lipinski definition) is 2. The third-order valence-corrected chi connectivity index (χ3v) is 4.20. The van der Waals surface area contributed by atoms with Crippen LogP contribution in [0.25, 0.3) is 5.57 Å². The van der Waals surface area contributed by atoms with E-state index in [2.05, 4.69) is 15.5 Å². The smallest absolute Gasteiger partial charge is 0.345 e. The maximum absolute atomic E-state index is 12.4. The normalized spacial score (nSPS) is 20.2. The molecule has 0 spiro atoms. The Hall–Kier alpha value is -2.02. The van der Waals surface area contributed by atoms with Gasteiger partial charge in [-0.1, -0.05) is 29.3 Å². The molecule has 1 amide bonds. The summed E-state index contributed by atoms with van der Waals surface area (Å²) in [7, 11) is 1.22. The van der Waals surface area contributed by atoms with Gasteiger partial charge in [-0.05, 0) is 19.1 Å². The summed E-state index contributed by atoms with van der Waals surface area (Å²) < 4.78 is 4.60. The monoisotopic (exact) mass is 353 g/mol. The van der Waals surface area contributed by atoms with Gasteiger partial charge in [0.15, 0.2) is 0 Å². The number of nitrogens with zero attached hydrogens (tertiary/aromatic N) is 1. The highest BCUT2D eigenvalue weighted by Crippen LogP contribution is 2.35. The van der Waals surface area contributed by atoms with Gasteiger partial charge in [0.1, 0.15) is 11.4 Å². The molecule has 1 aromatic carbocycles. The minimum atomic E-state index is -0.700. The fourth-order valence-corrected chi connectivity index (χ4v) is 3.11. The molecule has 2 aliphatic rings. The maximum atomic E-state index is 12.4. The molecule has 0 radical (unpaired) electrons. The lowest BCUT2D eigenvalue weighted by Gasteiger charge is -2.25. The van der Waals surface area contributed by atoms with Crippen molar-refractivity contribution in [2.75, 3.05) is 7.11 Å². The van der Waals surface area contributed by atoms with Gasteiger partial charge in [-0.3, -0.25) is 4.79 Å². The van der Waals surface area contributed by atoms with Crippen molar-refractivity contribution in [3.63, 3.8) is 0 Å². The zero-order chi connectivity index (χ0) is 16.7. The van der Waals surface area contributed by atoms with Gasteiger partial charge in [-0.25, -0.2) is 15.2 Å². The molecule has 8 heteroatoms. The lowest BCUT2D eigenvalue weighted by atomic mass is 10.0. The second-order valence-corrected chi connectivity index (χ2v) is 5.92. The van der Waals surface area contributed by atoms with Crippen LogP contribution >= 0.6 is 23.2 Å². The quantitative estimate of drug-likeness (QED) is 0.629. The van der Waals surface area contributed by atoms with Crippen LogP contribution in [0.15, 0.2) is 35.8 Å². The van der Waals surface area contributed by atoms with Crippen molar-refractivity contribution in [2.45, 2.75) is 13.0 Å². The average molecular weight is 354 g/mol. The number of hydrazine groups is 1. The molecular formula is C15H13Cl2N3O3. The van der Waals surface area contributed by atoms with Crippen molar-refractivity contribution in [3.8, 4) is 0 Å². The van der Waals surface area contributed by atoms with Gasteiger partial charge in [-0.15, -0.1) is 0 Å². The van der Waals surface area contributed by atoms with Crippen molar-refractivity contribution in [1.29, 1.82) is 0 Å². The Morgan fingerprint density at radius 1 is 1.35 bits per heavy atom. The molecule has 0 fully saturated rings. The molecule has 2 heterocycles. The Kier molecular flexibility index (Phi) is 4.06. The van der Waals surface area contributed by atoms with E-state index in [1.165, 1.54) is 18.3 Å². The molecule has 2 aliphatic heterocycles. The summed E-state index contributed by atoms with van der Waals surface area (Å²) in [6.45, 7) is 1.89. The topological polar surface area (TPSA) is 70.7 Å². The van der Waals surface area contributed by atoms with Crippen LogP contribution in [0.2, 0.25) is 10.0 Å². The number of ether oxygens (including phenoxy) is 1. The summed E-state index contributed by atoms with van der Waals surface area (Å²) in [5.74, 6) is -0.661. The van der Waals surface area contributed by atoms with Crippen molar-refractivity contribution >= 4 is 40.7 Å². The summed E-state index contributed by atoms with van der Waals surface area (Å²) in [6.07, 6.45) is 1.34. The lowest BCUT2D eigenvalue weighted by Crippen LogP contribution is -2.47. The SMILES string of the molecule is COC(=O)C1=CNC2=C(c3ccc(Cl)cc3Cl)C(C)NN2C1=O. The first kappa shape index (κ1) is 15.9. The average Bonchev–Trinajstić information content (AvgIpc) is 2.84. The fourth-order valence-electron chi connectivity index (χ4n) is 2.60. The highest BCUT2D eigenvalue weighted by molar-refractivity contribution is 6.35. The highest BCUT2D eigenvalue weighted by Gasteiger charge is 2.39. The number of rotatable bonds is 2.